The van der Waals surface area contributed by atoms with Gasteiger partial charge in [-0.2, -0.15) is 4.98 Å². The summed E-state index contributed by atoms with van der Waals surface area (Å²) in [5, 5.41) is 7.73. The molecule has 0 saturated heterocycles. The molecule has 1 atom stereocenters. The fraction of sp³-hybridized carbons (Fsp3) is 0.222. The first-order chi connectivity index (χ1) is 12.5. The van der Waals surface area contributed by atoms with Gasteiger partial charge < -0.3 is 9.84 Å². The van der Waals surface area contributed by atoms with Crippen molar-refractivity contribution in [3.8, 4) is 11.5 Å². The highest BCUT2D eigenvalue weighted by Crippen LogP contribution is 2.25. The number of amides is 1. The maximum Gasteiger partial charge on any atom is 0.227 e. The lowest BCUT2D eigenvalue weighted by atomic mass is 10.1. The molecule has 0 saturated carbocycles. The van der Waals surface area contributed by atoms with Crippen molar-refractivity contribution in [2.75, 3.05) is 0 Å². The fourth-order valence-electron chi connectivity index (χ4n) is 2.35. The molecule has 2 aromatic heterocycles. The molecule has 1 aromatic carbocycles. The van der Waals surface area contributed by atoms with Crippen LogP contribution in [0.15, 0.2) is 47.1 Å². The van der Waals surface area contributed by atoms with E-state index in [2.05, 4.69) is 20.4 Å². The van der Waals surface area contributed by atoms with Gasteiger partial charge in [-0.1, -0.05) is 40.5 Å². The fourth-order valence-corrected chi connectivity index (χ4v) is 2.66. The molecule has 0 aliphatic carbocycles. The maximum absolute atomic E-state index is 12.2. The van der Waals surface area contributed by atoms with Crippen molar-refractivity contribution in [1.29, 1.82) is 0 Å². The van der Waals surface area contributed by atoms with Crippen molar-refractivity contribution in [3.63, 3.8) is 0 Å². The van der Waals surface area contributed by atoms with Gasteiger partial charge in [0.05, 0.1) is 16.1 Å². The second kappa shape index (κ2) is 8.29. The molecule has 0 aliphatic heterocycles. The second-order valence-corrected chi connectivity index (χ2v) is 6.50. The van der Waals surface area contributed by atoms with Crippen molar-refractivity contribution in [3.05, 3.63) is 64.1 Å². The number of aromatic nitrogens is 3. The van der Waals surface area contributed by atoms with E-state index in [9.17, 15) is 4.79 Å². The molecule has 1 unspecified atom stereocenters. The second-order valence-electron chi connectivity index (χ2n) is 5.69. The zero-order valence-electron chi connectivity index (χ0n) is 13.9. The van der Waals surface area contributed by atoms with Crippen molar-refractivity contribution in [2.24, 2.45) is 0 Å². The van der Waals surface area contributed by atoms with E-state index in [0.717, 1.165) is 5.56 Å². The lowest BCUT2D eigenvalue weighted by Gasteiger charge is -2.14. The van der Waals surface area contributed by atoms with Crippen LogP contribution >= 0.6 is 23.2 Å². The standard InChI is InChI=1S/C18H16Cl2N4O2/c1-11(12-5-6-13(19)14(20)10-12)22-16(25)7-8-17-23-18(24-26-17)15-4-2-3-9-21-15/h2-6,9-11H,7-8H2,1H3,(H,22,25). The highest BCUT2D eigenvalue weighted by Gasteiger charge is 2.14. The molecule has 3 aromatic rings. The highest BCUT2D eigenvalue weighted by molar-refractivity contribution is 6.42. The summed E-state index contributed by atoms with van der Waals surface area (Å²) < 4.78 is 5.17. The predicted molar refractivity (Wildman–Crippen MR) is 98.9 cm³/mol. The molecule has 0 bridgehead atoms. The minimum Gasteiger partial charge on any atom is -0.350 e. The average molecular weight is 391 g/mol. The summed E-state index contributed by atoms with van der Waals surface area (Å²) in [6.45, 7) is 1.88. The Kier molecular flexibility index (Phi) is 5.85. The van der Waals surface area contributed by atoms with Gasteiger partial charge in [0.2, 0.25) is 17.6 Å². The maximum atomic E-state index is 12.2. The molecule has 3 rings (SSSR count). The molecular weight excluding hydrogens is 375 g/mol. The molecule has 0 spiro atoms. The van der Waals surface area contributed by atoms with Crippen LogP contribution in [0.4, 0.5) is 0 Å². The normalized spacial score (nSPS) is 12.0. The third-order valence-electron chi connectivity index (χ3n) is 3.75. The Morgan fingerprint density at radius 3 is 2.81 bits per heavy atom. The first kappa shape index (κ1) is 18.4. The minimum atomic E-state index is -0.191. The van der Waals surface area contributed by atoms with E-state index in [1.165, 1.54) is 0 Å². The number of rotatable bonds is 6. The van der Waals surface area contributed by atoms with Gasteiger partial charge in [-0.05, 0) is 36.8 Å². The van der Waals surface area contributed by atoms with E-state index >= 15 is 0 Å². The van der Waals surface area contributed by atoms with Crippen LogP contribution in [0.1, 0.15) is 30.8 Å². The van der Waals surface area contributed by atoms with Crippen LogP contribution in [0.5, 0.6) is 0 Å². The first-order valence-electron chi connectivity index (χ1n) is 8.01. The summed E-state index contributed by atoms with van der Waals surface area (Å²) in [4.78, 5) is 20.6. The van der Waals surface area contributed by atoms with Crippen molar-refractivity contribution >= 4 is 29.1 Å². The lowest BCUT2D eigenvalue weighted by Crippen LogP contribution is -2.26. The third kappa shape index (κ3) is 4.59. The smallest absolute Gasteiger partial charge is 0.227 e. The van der Waals surface area contributed by atoms with Crippen LogP contribution in [-0.4, -0.2) is 21.0 Å². The molecule has 2 heterocycles. The molecule has 1 N–H and O–H groups in total. The number of hydrogen-bond acceptors (Lipinski definition) is 5. The predicted octanol–water partition coefficient (Wildman–Crippen LogP) is 4.25. The lowest BCUT2D eigenvalue weighted by molar-refractivity contribution is -0.121. The number of aryl methyl sites for hydroxylation is 1. The number of nitrogens with zero attached hydrogens (tertiary/aromatic N) is 3. The van der Waals surface area contributed by atoms with Gasteiger partial charge >= 0.3 is 0 Å². The van der Waals surface area contributed by atoms with Crippen molar-refractivity contribution in [1.82, 2.24) is 20.4 Å². The summed E-state index contributed by atoms with van der Waals surface area (Å²) >= 11 is 11.9. The number of hydrogen-bond donors (Lipinski definition) is 1. The number of benzene rings is 1. The van der Waals surface area contributed by atoms with E-state index in [4.69, 9.17) is 27.7 Å². The Hall–Kier alpha value is -2.44. The summed E-state index contributed by atoms with van der Waals surface area (Å²) in [6, 6.07) is 10.5. The van der Waals surface area contributed by atoms with Crippen LogP contribution in [0.2, 0.25) is 10.0 Å². The molecule has 0 aliphatic rings. The van der Waals surface area contributed by atoms with Crippen molar-refractivity contribution in [2.45, 2.75) is 25.8 Å². The highest BCUT2D eigenvalue weighted by atomic mass is 35.5. The molecule has 6 nitrogen and oxygen atoms in total. The van der Waals surface area contributed by atoms with E-state index < -0.39 is 0 Å². The van der Waals surface area contributed by atoms with Crippen LogP contribution in [-0.2, 0) is 11.2 Å². The summed E-state index contributed by atoms with van der Waals surface area (Å²) in [5.74, 6) is 0.675. The minimum absolute atomic E-state index is 0.124. The Morgan fingerprint density at radius 2 is 2.08 bits per heavy atom. The molecule has 8 heteroatoms. The monoisotopic (exact) mass is 390 g/mol. The molecule has 1 amide bonds. The van der Waals surface area contributed by atoms with Crippen molar-refractivity contribution < 1.29 is 9.32 Å². The number of carbonyl (C=O) groups is 1. The van der Waals surface area contributed by atoms with Gasteiger partial charge in [-0.3, -0.25) is 9.78 Å². The van der Waals surface area contributed by atoms with Gasteiger partial charge in [0.1, 0.15) is 5.69 Å². The SMILES string of the molecule is CC(NC(=O)CCc1nc(-c2ccccn2)no1)c1ccc(Cl)c(Cl)c1. The van der Waals surface area contributed by atoms with Gasteiger partial charge in [-0.25, -0.2) is 0 Å². The Balaban J connectivity index is 1.54. The van der Waals surface area contributed by atoms with Gasteiger partial charge in [0, 0.05) is 19.0 Å². The topological polar surface area (TPSA) is 80.9 Å². The molecule has 0 radical (unpaired) electrons. The van der Waals surface area contributed by atoms with Crippen LogP contribution < -0.4 is 5.32 Å². The number of nitrogens with one attached hydrogen (secondary N) is 1. The van der Waals surface area contributed by atoms with E-state index in [1.807, 2.05) is 25.1 Å². The number of carbonyl (C=O) groups excluding carboxylic acids is 1. The summed E-state index contributed by atoms with van der Waals surface area (Å²) in [7, 11) is 0. The Labute approximate surface area is 160 Å². The zero-order chi connectivity index (χ0) is 18.5. The Morgan fingerprint density at radius 1 is 1.23 bits per heavy atom. The average Bonchev–Trinajstić information content (AvgIpc) is 3.12. The molecule has 134 valence electrons. The van der Waals surface area contributed by atoms with Crippen LogP contribution in [0.25, 0.3) is 11.5 Å². The third-order valence-corrected chi connectivity index (χ3v) is 4.49. The van der Waals surface area contributed by atoms with Gasteiger partial charge in [0.15, 0.2) is 0 Å². The van der Waals surface area contributed by atoms with E-state index in [-0.39, 0.29) is 18.4 Å². The first-order valence-corrected chi connectivity index (χ1v) is 8.77. The summed E-state index contributed by atoms with van der Waals surface area (Å²) in [6.07, 6.45) is 2.23. The molecular formula is C18H16Cl2N4O2. The van der Waals surface area contributed by atoms with Crippen LogP contribution in [0, 0.1) is 0 Å². The summed E-state index contributed by atoms with van der Waals surface area (Å²) in [5.41, 5.74) is 1.50. The van der Waals surface area contributed by atoms with Crippen LogP contribution in [0.3, 0.4) is 0 Å². The zero-order valence-corrected chi connectivity index (χ0v) is 15.5. The van der Waals surface area contributed by atoms with Gasteiger partial charge in [-0.15, -0.1) is 0 Å². The largest absolute Gasteiger partial charge is 0.350 e. The molecule has 26 heavy (non-hydrogen) atoms. The Bertz CT molecular complexity index is 899. The van der Waals surface area contributed by atoms with Gasteiger partial charge in [0.25, 0.3) is 0 Å². The number of halogens is 2. The molecule has 0 fully saturated rings. The van der Waals surface area contributed by atoms with E-state index in [0.29, 0.717) is 33.9 Å². The van der Waals surface area contributed by atoms with E-state index in [1.54, 1.807) is 24.4 Å². The number of pyridine rings is 1. The quantitative estimate of drug-likeness (QED) is 0.680.